The molecule has 0 saturated heterocycles. The molecule has 1 atom stereocenters. The summed E-state index contributed by atoms with van der Waals surface area (Å²) in [6.07, 6.45) is 9.24. The number of hydrogen-bond donors (Lipinski definition) is 1. The molecule has 0 radical (unpaired) electrons. The Hall–Kier alpha value is -1.91. The smallest absolute Gasteiger partial charge is 0.252 e. The first-order valence-electron chi connectivity index (χ1n) is 12.0. The first kappa shape index (κ1) is 20.0. The van der Waals surface area contributed by atoms with Gasteiger partial charge in [0.2, 0.25) is 0 Å². The third kappa shape index (κ3) is 3.07. The first-order chi connectivity index (χ1) is 14.3. The number of hydrogen-bond acceptors (Lipinski definition) is 3. The summed E-state index contributed by atoms with van der Waals surface area (Å²) in [7, 11) is 0. The van der Waals surface area contributed by atoms with Crippen LogP contribution < -0.4 is 5.32 Å². The zero-order valence-electron chi connectivity index (χ0n) is 19.2. The molecule has 6 rings (SSSR count). The Balaban J connectivity index is 1.48. The van der Waals surface area contributed by atoms with Gasteiger partial charge in [-0.05, 0) is 102 Å². The zero-order chi connectivity index (χ0) is 21.2. The highest BCUT2D eigenvalue weighted by atomic mass is 16.1. The van der Waals surface area contributed by atoms with Crippen LogP contribution in [0, 0.1) is 37.0 Å². The molecule has 30 heavy (non-hydrogen) atoms. The lowest BCUT2D eigenvalue weighted by Gasteiger charge is -2.59. The van der Waals surface area contributed by atoms with E-state index in [1.54, 1.807) is 0 Å². The van der Waals surface area contributed by atoms with Gasteiger partial charge in [0.05, 0.1) is 16.6 Å². The van der Waals surface area contributed by atoms with Gasteiger partial charge in [-0.1, -0.05) is 6.92 Å². The van der Waals surface area contributed by atoms with E-state index in [9.17, 15) is 4.79 Å². The minimum Gasteiger partial charge on any atom is -0.349 e. The van der Waals surface area contributed by atoms with Crippen LogP contribution in [0.2, 0.25) is 0 Å². The van der Waals surface area contributed by atoms with E-state index in [1.165, 1.54) is 38.5 Å². The number of aromatic nitrogens is 3. The maximum Gasteiger partial charge on any atom is 0.252 e. The molecule has 0 spiro atoms. The summed E-state index contributed by atoms with van der Waals surface area (Å²) in [5.74, 6) is 2.73. The second kappa shape index (κ2) is 7.06. The maximum absolute atomic E-state index is 13.6. The average molecular weight is 409 g/mol. The van der Waals surface area contributed by atoms with E-state index in [4.69, 9.17) is 10.1 Å². The van der Waals surface area contributed by atoms with Crippen LogP contribution in [-0.2, 0) is 0 Å². The van der Waals surface area contributed by atoms with E-state index >= 15 is 0 Å². The van der Waals surface area contributed by atoms with E-state index in [2.05, 4.69) is 26.1 Å². The molecule has 4 aliphatic carbocycles. The molecule has 5 nitrogen and oxygen atoms in total. The lowest BCUT2D eigenvalue weighted by Crippen LogP contribution is -2.56. The van der Waals surface area contributed by atoms with Gasteiger partial charge in [0.25, 0.3) is 5.91 Å². The van der Waals surface area contributed by atoms with Crippen molar-refractivity contribution >= 4 is 16.9 Å². The molecule has 4 fully saturated rings. The van der Waals surface area contributed by atoms with Crippen LogP contribution in [0.15, 0.2) is 6.07 Å². The van der Waals surface area contributed by atoms with Crippen LogP contribution >= 0.6 is 0 Å². The highest BCUT2D eigenvalue weighted by molar-refractivity contribution is 6.06. The molecule has 2 aromatic heterocycles. The van der Waals surface area contributed by atoms with E-state index in [0.717, 1.165) is 52.2 Å². The Morgan fingerprint density at radius 3 is 2.30 bits per heavy atom. The normalized spacial score (nSPS) is 30.9. The summed E-state index contributed by atoms with van der Waals surface area (Å²) in [6.45, 7) is 10.4. The van der Waals surface area contributed by atoms with Gasteiger partial charge in [-0.15, -0.1) is 0 Å². The fourth-order valence-corrected chi connectivity index (χ4v) is 7.51. The van der Waals surface area contributed by atoms with Crippen molar-refractivity contribution < 1.29 is 4.79 Å². The van der Waals surface area contributed by atoms with Crippen LogP contribution in [0.4, 0.5) is 0 Å². The summed E-state index contributed by atoms with van der Waals surface area (Å²) >= 11 is 0. The number of pyridine rings is 1. The van der Waals surface area contributed by atoms with Gasteiger partial charge in [0.1, 0.15) is 0 Å². The van der Waals surface area contributed by atoms with Gasteiger partial charge < -0.3 is 5.32 Å². The molecule has 4 aliphatic rings. The van der Waals surface area contributed by atoms with Gasteiger partial charge >= 0.3 is 0 Å². The Bertz CT molecular complexity index is 953. The van der Waals surface area contributed by atoms with Gasteiger partial charge in [-0.2, -0.15) is 5.10 Å². The standard InChI is InChI=1S/C25H36N4O/c1-6-21(25-11-17-8-18(12-25)10-19(9-17)13-25)27-24(30)20-7-15(4)26-23-22(20)16(5)28-29(23)14(2)3/h7,14,17-19,21H,6,8-13H2,1-5H3,(H,27,30)/t17?,18?,19?,21-,25?/m1/s1. The Labute approximate surface area is 180 Å². The van der Waals surface area contributed by atoms with Crippen molar-refractivity contribution in [3.8, 4) is 0 Å². The van der Waals surface area contributed by atoms with Crippen LogP contribution in [0.1, 0.15) is 93.5 Å². The predicted molar refractivity (Wildman–Crippen MR) is 120 cm³/mol. The molecule has 5 heteroatoms. The summed E-state index contributed by atoms with van der Waals surface area (Å²) in [6, 6.07) is 2.42. The van der Waals surface area contributed by atoms with Crippen molar-refractivity contribution in [3.63, 3.8) is 0 Å². The maximum atomic E-state index is 13.6. The van der Waals surface area contributed by atoms with Crippen LogP contribution in [0.25, 0.3) is 11.0 Å². The molecule has 0 aliphatic heterocycles. The fourth-order valence-electron chi connectivity index (χ4n) is 7.51. The predicted octanol–water partition coefficient (Wildman–Crippen LogP) is 5.35. The minimum atomic E-state index is 0.0551. The fraction of sp³-hybridized carbons (Fsp3) is 0.720. The third-order valence-electron chi connectivity index (χ3n) is 8.24. The molecular formula is C25H36N4O. The Morgan fingerprint density at radius 1 is 1.17 bits per heavy atom. The number of fused-ring (bicyclic) bond motifs is 1. The Morgan fingerprint density at radius 2 is 1.77 bits per heavy atom. The second-order valence-electron chi connectivity index (χ2n) is 10.8. The van der Waals surface area contributed by atoms with Gasteiger partial charge in [0.15, 0.2) is 5.65 Å². The number of aryl methyl sites for hydroxylation is 2. The molecule has 0 unspecified atom stereocenters. The summed E-state index contributed by atoms with van der Waals surface area (Å²) in [5.41, 5.74) is 3.65. The van der Waals surface area contributed by atoms with Gasteiger partial charge in [-0.3, -0.25) is 4.79 Å². The topological polar surface area (TPSA) is 59.8 Å². The SMILES string of the molecule is CC[C@@H](NC(=O)c1cc(C)nc2c1c(C)nn2C(C)C)C12CC3CC(CC(C3)C1)C2. The largest absolute Gasteiger partial charge is 0.349 e. The van der Waals surface area contributed by atoms with E-state index in [1.807, 2.05) is 24.6 Å². The number of carbonyl (C=O) groups excluding carboxylic acids is 1. The number of nitrogens with zero attached hydrogens (tertiary/aromatic N) is 3. The summed E-state index contributed by atoms with van der Waals surface area (Å²) in [4.78, 5) is 18.4. The molecule has 162 valence electrons. The lowest BCUT2D eigenvalue weighted by atomic mass is 9.47. The third-order valence-corrected chi connectivity index (χ3v) is 8.24. The summed E-state index contributed by atoms with van der Waals surface area (Å²) < 4.78 is 1.95. The van der Waals surface area contributed by atoms with Crippen molar-refractivity contribution in [2.45, 2.75) is 91.6 Å². The van der Waals surface area contributed by atoms with Crippen molar-refractivity contribution in [1.29, 1.82) is 0 Å². The lowest BCUT2D eigenvalue weighted by molar-refractivity contribution is -0.0727. The van der Waals surface area contributed by atoms with Crippen molar-refractivity contribution in [1.82, 2.24) is 20.1 Å². The number of rotatable bonds is 5. The first-order valence-corrected chi connectivity index (χ1v) is 12.0. The van der Waals surface area contributed by atoms with Gasteiger partial charge in [-0.25, -0.2) is 9.67 Å². The van der Waals surface area contributed by atoms with Crippen molar-refractivity contribution in [2.75, 3.05) is 0 Å². The average Bonchev–Trinajstić information content (AvgIpc) is 3.00. The molecule has 1 N–H and O–H groups in total. The summed E-state index contributed by atoms with van der Waals surface area (Å²) in [5, 5.41) is 9.13. The highest BCUT2D eigenvalue weighted by Crippen LogP contribution is 2.61. The number of amides is 1. The molecular weight excluding hydrogens is 372 g/mol. The minimum absolute atomic E-state index is 0.0551. The quantitative estimate of drug-likeness (QED) is 0.725. The van der Waals surface area contributed by atoms with Crippen LogP contribution in [0.3, 0.4) is 0 Å². The molecule has 0 aromatic carbocycles. The second-order valence-corrected chi connectivity index (χ2v) is 10.8. The van der Waals surface area contributed by atoms with E-state index in [0.29, 0.717) is 5.41 Å². The van der Waals surface area contributed by atoms with Crippen molar-refractivity contribution in [3.05, 3.63) is 23.0 Å². The highest BCUT2D eigenvalue weighted by Gasteiger charge is 2.54. The van der Waals surface area contributed by atoms with Crippen LogP contribution in [-0.4, -0.2) is 26.7 Å². The Kier molecular flexibility index (Phi) is 4.71. The van der Waals surface area contributed by atoms with E-state index in [-0.39, 0.29) is 18.0 Å². The van der Waals surface area contributed by atoms with Crippen LogP contribution in [0.5, 0.6) is 0 Å². The van der Waals surface area contributed by atoms with Crippen molar-refractivity contribution in [2.24, 2.45) is 23.2 Å². The number of nitrogens with one attached hydrogen (secondary N) is 1. The molecule has 4 saturated carbocycles. The van der Waals surface area contributed by atoms with Gasteiger partial charge in [0, 0.05) is 17.8 Å². The van der Waals surface area contributed by atoms with E-state index < -0.39 is 0 Å². The molecule has 2 heterocycles. The molecule has 2 aromatic rings. The molecule has 1 amide bonds. The number of carbonyl (C=O) groups is 1. The zero-order valence-corrected chi connectivity index (χ0v) is 19.2. The molecule has 4 bridgehead atoms. The monoisotopic (exact) mass is 408 g/mol.